The molecule has 0 aliphatic carbocycles. The summed E-state index contributed by atoms with van der Waals surface area (Å²) in [5.74, 6) is -3.19. The number of benzene rings is 1. The van der Waals surface area contributed by atoms with Crippen molar-refractivity contribution in [3.05, 3.63) is 46.0 Å². The Bertz CT molecular complexity index is 697. The molecular weight excluding hydrogens is 273 g/mol. The molecule has 1 N–H and O–H groups in total. The normalized spacial score (nSPS) is 10.3. The molecule has 0 bridgehead atoms. The fourth-order valence-electron chi connectivity index (χ4n) is 1.51. The van der Waals surface area contributed by atoms with E-state index in [1.54, 1.807) is 0 Å². The van der Waals surface area contributed by atoms with Crippen LogP contribution in [0.5, 0.6) is 11.6 Å². The summed E-state index contributed by atoms with van der Waals surface area (Å²) in [5, 5.41) is 19.7. The van der Waals surface area contributed by atoms with Crippen molar-refractivity contribution in [3.63, 3.8) is 0 Å². The molecule has 1 aromatic heterocycles. The molecule has 0 unspecified atom stereocenters. The molecule has 2 aromatic rings. The summed E-state index contributed by atoms with van der Waals surface area (Å²) in [6.45, 7) is 0. The van der Waals surface area contributed by atoms with Gasteiger partial charge < -0.3 is 20.0 Å². The van der Waals surface area contributed by atoms with Crippen LogP contribution in [0.1, 0.15) is 10.4 Å². The van der Waals surface area contributed by atoms with Gasteiger partial charge in [-0.3, -0.25) is 4.57 Å². The van der Waals surface area contributed by atoms with E-state index >= 15 is 0 Å². The highest BCUT2D eigenvalue weighted by molar-refractivity contribution is 5.91. The molecule has 0 radical (unpaired) electrons. The number of ether oxygens (including phenoxy) is 1. The first-order valence-electron chi connectivity index (χ1n) is 5.26. The van der Waals surface area contributed by atoms with Crippen molar-refractivity contribution in [2.75, 3.05) is 0 Å². The van der Waals surface area contributed by atoms with Crippen LogP contribution in [0.2, 0.25) is 0 Å². The molecule has 0 fully saturated rings. The van der Waals surface area contributed by atoms with Gasteiger partial charge in [-0.05, 0) is 28.1 Å². The number of hydrogen-bond acceptors (Lipinski definition) is 5. The van der Waals surface area contributed by atoms with Gasteiger partial charge in [0.15, 0.2) is 0 Å². The zero-order valence-corrected chi connectivity index (χ0v) is 10.1. The first-order chi connectivity index (χ1) is 9.40. The molecule has 0 aliphatic rings. The van der Waals surface area contributed by atoms with Crippen molar-refractivity contribution < 1.29 is 24.0 Å². The topological polar surface area (TPSA) is 107 Å². The molecular formula is C11H8FN3O5. The van der Waals surface area contributed by atoms with Gasteiger partial charge >= 0.3 is 17.7 Å². The van der Waals surface area contributed by atoms with Crippen LogP contribution in [0.15, 0.2) is 24.5 Å². The summed E-state index contributed by atoms with van der Waals surface area (Å²) >= 11 is 0. The summed E-state index contributed by atoms with van der Waals surface area (Å²) < 4.78 is 19.4. The summed E-state index contributed by atoms with van der Waals surface area (Å²) in [7, 11) is 1.44. The van der Waals surface area contributed by atoms with Crippen molar-refractivity contribution in [2.24, 2.45) is 7.05 Å². The summed E-state index contributed by atoms with van der Waals surface area (Å²) in [5.41, 5.74) is -0.444. The second kappa shape index (κ2) is 4.96. The maximum absolute atomic E-state index is 13.0. The van der Waals surface area contributed by atoms with Crippen LogP contribution in [0.4, 0.5) is 10.2 Å². The van der Waals surface area contributed by atoms with Gasteiger partial charge in [0.2, 0.25) is 6.33 Å². The molecule has 8 nitrogen and oxygen atoms in total. The number of halogens is 1. The second-order valence-electron chi connectivity index (χ2n) is 3.79. The smallest absolute Gasteiger partial charge is 0.427 e. The van der Waals surface area contributed by atoms with E-state index in [0.717, 1.165) is 24.5 Å². The Kier molecular flexibility index (Phi) is 3.34. The fraction of sp³-hybridized carbons (Fsp3) is 0.0909. The zero-order valence-electron chi connectivity index (χ0n) is 10.1. The Morgan fingerprint density at radius 3 is 2.85 bits per heavy atom. The number of aromatic nitrogens is 2. The number of nitrogens with zero attached hydrogens (tertiary/aromatic N) is 3. The number of imidazole rings is 1. The Hall–Kier alpha value is -2.97. The van der Waals surface area contributed by atoms with Gasteiger partial charge in [0.25, 0.3) is 0 Å². The molecule has 104 valence electrons. The minimum atomic E-state index is -1.41. The number of aryl methyl sites for hydroxylation is 1. The van der Waals surface area contributed by atoms with E-state index in [2.05, 4.69) is 4.98 Å². The average molecular weight is 281 g/mol. The second-order valence-corrected chi connectivity index (χ2v) is 3.79. The Balaban J connectivity index is 2.48. The third-order valence-corrected chi connectivity index (χ3v) is 2.42. The minimum absolute atomic E-state index is 0.217. The van der Waals surface area contributed by atoms with E-state index in [4.69, 9.17) is 9.84 Å². The third kappa shape index (κ3) is 2.41. The van der Waals surface area contributed by atoms with Crippen molar-refractivity contribution in [1.29, 1.82) is 0 Å². The summed E-state index contributed by atoms with van der Waals surface area (Å²) in [4.78, 5) is 24.5. The highest BCUT2D eigenvalue weighted by atomic mass is 19.1. The number of aromatic carboxylic acids is 1. The number of nitro groups is 1. The number of carbonyl (C=O) groups is 1. The van der Waals surface area contributed by atoms with Crippen LogP contribution in [0, 0.1) is 15.9 Å². The lowest BCUT2D eigenvalue weighted by Gasteiger charge is -2.08. The summed E-state index contributed by atoms with van der Waals surface area (Å²) in [6, 6.07) is 2.83. The van der Waals surface area contributed by atoms with Crippen molar-refractivity contribution in [2.45, 2.75) is 0 Å². The predicted octanol–water partition coefficient (Wildman–Crippen LogP) is 1.96. The van der Waals surface area contributed by atoms with Gasteiger partial charge in [-0.1, -0.05) is 0 Å². The van der Waals surface area contributed by atoms with Crippen LogP contribution >= 0.6 is 0 Å². The zero-order chi connectivity index (χ0) is 14.9. The number of carboxylic acids is 1. The number of hydrogen-bond donors (Lipinski definition) is 1. The van der Waals surface area contributed by atoms with E-state index in [0.29, 0.717) is 0 Å². The minimum Gasteiger partial charge on any atom is -0.478 e. The quantitative estimate of drug-likeness (QED) is 0.678. The number of rotatable bonds is 4. The summed E-state index contributed by atoms with van der Waals surface area (Å²) in [6.07, 6.45) is 1.15. The van der Waals surface area contributed by atoms with E-state index < -0.39 is 28.1 Å². The molecule has 0 saturated carbocycles. The first kappa shape index (κ1) is 13.5. The average Bonchev–Trinajstić information content (AvgIpc) is 2.73. The fourth-order valence-corrected chi connectivity index (χ4v) is 1.51. The van der Waals surface area contributed by atoms with Gasteiger partial charge in [0.1, 0.15) is 17.1 Å². The predicted molar refractivity (Wildman–Crippen MR) is 63.3 cm³/mol. The molecule has 0 atom stereocenters. The Morgan fingerprint density at radius 1 is 1.55 bits per heavy atom. The van der Waals surface area contributed by atoms with Crippen LogP contribution in [0.25, 0.3) is 0 Å². The lowest BCUT2D eigenvalue weighted by molar-refractivity contribution is -0.390. The van der Waals surface area contributed by atoms with Crippen LogP contribution in [-0.2, 0) is 7.05 Å². The molecule has 0 spiro atoms. The van der Waals surface area contributed by atoms with Crippen molar-refractivity contribution in [1.82, 2.24) is 9.55 Å². The monoisotopic (exact) mass is 281 g/mol. The Morgan fingerprint density at radius 2 is 2.25 bits per heavy atom. The largest absolute Gasteiger partial charge is 0.478 e. The van der Waals surface area contributed by atoms with Gasteiger partial charge in [0, 0.05) is 7.05 Å². The standard InChI is InChI=1S/C11H8FN3O5/c1-14-5-13-9(15(18)19)10(14)20-8-3-2-6(12)4-7(8)11(16)17/h2-5H,1H3,(H,16,17). The molecule has 1 heterocycles. The van der Waals surface area contributed by atoms with Gasteiger partial charge in [-0.15, -0.1) is 0 Å². The lowest BCUT2D eigenvalue weighted by atomic mass is 10.2. The van der Waals surface area contributed by atoms with E-state index in [9.17, 15) is 19.3 Å². The molecule has 0 aliphatic heterocycles. The third-order valence-electron chi connectivity index (χ3n) is 2.42. The van der Waals surface area contributed by atoms with Gasteiger partial charge in [-0.2, -0.15) is 0 Å². The number of carboxylic acid groups (broad SMARTS) is 1. The lowest BCUT2D eigenvalue weighted by Crippen LogP contribution is -2.03. The van der Waals surface area contributed by atoms with Crippen LogP contribution < -0.4 is 4.74 Å². The van der Waals surface area contributed by atoms with Crippen molar-refractivity contribution >= 4 is 11.8 Å². The van der Waals surface area contributed by atoms with E-state index in [-0.39, 0.29) is 11.6 Å². The van der Waals surface area contributed by atoms with E-state index in [1.165, 1.54) is 11.6 Å². The maximum atomic E-state index is 13.0. The highest BCUT2D eigenvalue weighted by Crippen LogP contribution is 2.31. The van der Waals surface area contributed by atoms with E-state index in [1.807, 2.05) is 0 Å². The first-order valence-corrected chi connectivity index (χ1v) is 5.26. The SMILES string of the molecule is Cn1cnc([N+](=O)[O-])c1Oc1ccc(F)cc1C(=O)O. The van der Waals surface area contributed by atoms with Gasteiger partial charge in [0.05, 0.1) is 0 Å². The van der Waals surface area contributed by atoms with Gasteiger partial charge in [-0.25, -0.2) is 9.18 Å². The molecule has 2 rings (SSSR count). The Labute approximate surface area is 111 Å². The molecule has 20 heavy (non-hydrogen) atoms. The molecule has 1 aromatic carbocycles. The molecule has 9 heteroatoms. The molecule has 0 amide bonds. The molecule has 0 saturated heterocycles. The van der Waals surface area contributed by atoms with Crippen LogP contribution in [-0.4, -0.2) is 25.6 Å². The highest BCUT2D eigenvalue weighted by Gasteiger charge is 2.24. The maximum Gasteiger partial charge on any atom is 0.427 e. The van der Waals surface area contributed by atoms with Crippen LogP contribution in [0.3, 0.4) is 0 Å². The van der Waals surface area contributed by atoms with Crippen molar-refractivity contribution in [3.8, 4) is 11.6 Å².